The van der Waals surface area contributed by atoms with E-state index in [2.05, 4.69) is 60.6 Å². The van der Waals surface area contributed by atoms with E-state index in [1.807, 2.05) is 31.0 Å². The van der Waals surface area contributed by atoms with Gasteiger partial charge < -0.3 is 9.47 Å². The lowest BCUT2D eigenvalue weighted by atomic mass is 10.1. The van der Waals surface area contributed by atoms with Crippen LogP contribution in [0.25, 0.3) is 11.0 Å². The lowest BCUT2D eigenvalue weighted by Crippen LogP contribution is -2.40. The molecule has 1 amide bonds. The first kappa shape index (κ1) is 20.6. The van der Waals surface area contributed by atoms with Crippen molar-refractivity contribution in [1.29, 1.82) is 0 Å². The van der Waals surface area contributed by atoms with Crippen molar-refractivity contribution in [2.75, 3.05) is 20.1 Å². The molecule has 0 spiro atoms. The van der Waals surface area contributed by atoms with Crippen molar-refractivity contribution >= 4 is 16.9 Å². The van der Waals surface area contributed by atoms with E-state index in [1.165, 1.54) is 11.1 Å². The molecule has 0 N–H and O–H groups in total. The SMILES string of the molecule is Cc1ccc2c(c1)nc(C)n2Cc1ccc(C(=O)N(C)[C@@H]2CCN(C(C)C)C2)cc1. The second kappa shape index (κ2) is 8.23. The van der Waals surface area contributed by atoms with Crippen LogP contribution in [-0.2, 0) is 6.54 Å². The molecule has 1 aliphatic heterocycles. The monoisotopic (exact) mass is 404 g/mol. The van der Waals surface area contributed by atoms with Gasteiger partial charge >= 0.3 is 0 Å². The molecular formula is C25H32N4O. The van der Waals surface area contributed by atoms with E-state index in [0.717, 1.165) is 48.5 Å². The van der Waals surface area contributed by atoms with E-state index in [1.54, 1.807) is 0 Å². The minimum Gasteiger partial charge on any atom is -0.337 e. The molecule has 2 aromatic carbocycles. The third-order valence-corrected chi connectivity index (χ3v) is 6.43. The molecule has 1 aliphatic rings. The summed E-state index contributed by atoms with van der Waals surface area (Å²) in [6.07, 6.45) is 1.05. The molecule has 0 radical (unpaired) electrons. The van der Waals surface area contributed by atoms with Crippen LogP contribution in [0.15, 0.2) is 42.5 Å². The predicted molar refractivity (Wildman–Crippen MR) is 122 cm³/mol. The summed E-state index contributed by atoms with van der Waals surface area (Å²) in [5.74, 6) is 1.11. The molecule has 158 valence electrons. The number of likely N-dealkylation sites (N-methyl/N-ethyl adjacent to an activating group) is 1. The fourth-order valence-corrected chi connectivity index (χ4v) is 4.42. The summed E-state index contributed by atoms with van der Waals surface area (Å²) in [6, 6.07) is 15.3. The highest BCUT2D eigenvalue weighted by Gasteiger charge is 2.29. The summed E-state index contributed by atoms with van der Waals surface area (Å²) < 4.78 is 2.23. The van der Waals surface area contributed by atoms with Gasteiger partial charge in [-0.15, -0.1) is 0 Å². The van der Waals surface area contributed by atoms with Gasteiger partial charge in [-0.2, -0.15) is 0 Å². The highest BCUT2D eigenvalue weighted by atomic mass is 16.2. The third-order valence-electron chi connectivity index (χ3n) is 6.43. The summed E-state index contributed by atoms with van der Waals surface area (Å²) in [5, 5.41) is 0. The average Bonchev–Trinajstić information content (AvgIpc) is 3.33. The van der Waals surface area contributed by atoms with Crippen LogP contribution < -0.4 is 0 Å². The number of hydrogen-bond acceptors (Lipinski definition) is 3. The molecule has 1 atom stereocenters. The van der Waals surface area contributed by atoms with Gasteiger partial charge in [0.25, 0.3) is 5.91 Å². The molecule has 5 nitrogen and oxygen atoms in total. The number of carbonyl (C=O) groups excluding carboxylic acids is 1. The minimum atomic E-state index is 0.108. The Labute approximate surface area is 179 Å². The van der Waals surface area contributed by atoms with Gasteiger partial charge in [-0.3, -0.25) is 9.69 Å². The largest absolute Gasteiger partial charge is 0.337 e. The number of aromatic nitrogens is 2. The number of rotatable bonds is 5. The van der Waals surface area contributed by atoms with Gasteiger partial charge in [0.05, 0.1) is 11.0 Å². The van der Waals surface area contributed by atoms with Crippen molar-refractivity contribution in [2.24, 2.45) is 0 Å². The first-order valence-electron chi connectivity index (χ1n) is 10.9. The van der Waals surface area contributed by atoms with Crippen molar-refractivity contribution in [3.8, 4) is 0 Å². The third kappa shape index (κ3) is 3.99. The maximum absolute atomic E-state index is 13.0. The maximum atomic E-state index is 13.0. The Balaban J connectivity index is 1.47. The highest BCUT2D eigenvalue weighted by molar-refractivity contribution is 5.94. The summed E-state index contributed by atoms with van der Waals surface area (Å²) in [5.41, 5.74) is 5.33. The number of likely N-dealkylation sites (tertiary alicyclic amines) is 1. The van der Waals surface area contributed by atoms with Crippen LogP contribution >= 0.6 is 0 Å². The molecule has 1 fully saturated rings. The number of imidazole rings is 1. The number of carbonyl (C=O) groups is 1. The highest BCUT2D eigenvalue weighted by Crippen LogP contribution is 2.21. The summed E-state index contributed by atoms with van der Waals surface area (Å²) in [7, 11) is 1.94. The van der Waals surface area contributed by atoms with Crippen LogP contribution in [0.2, 0.25) is 0 Å². The Morgan fingerprint density at radius 3 is 2.57 bits per heavy atom. The van der Waals surface area contributed by atoms with Crippen LogP contribution in [-0.4, -0.2) is 57.5 Å². The Hall–Kier alpha value is -2.66. The summed E-state index contributed by atoms with van der Waals surface area (Å²) >= 11 is 0. The summed E-state index contributed by atoms with van der Waals surface area (Å²) in [6.45, 7) is 11.4. The Kier molecular flexibility index (Phi) is 5.65. The lowest BCUT2D eigenvalue weighted by molar-refractivity contribution is 0.0732. The van der Waals surface area contributed by atoms with Gasteiger partial charge in [0.15, 0.2) is 0 Å². The molecule has 0 unspecified atom stereocenters. The number of nitrogens with zero attached hydrogens (tertiary/aromatic N) is 4. The number of benzene rings is 2. The topological polar surface area (TPSA) is 41.4 Å². The van der Waals surface area contributed by atoms with Crippen LogP contribution in [0.5, 0.6) is 0 Å². The molecule has 30 heavy (non-hydrogen) atoms. The Bertz CT molecular complexity index is 1050. The molecule has 4 rings (SSSR count). The van der Waals surface area contributed by atoms with E-state index >= 15 is 0 Å². The van der Waals surface area contributed by atoms with Crippen molar-refractivity contribution < 1.29 is 4.79 Å². The normalized spacial score (nSPS) is 17.2. The second-order valence-electron chi connectivity index (χ2n) is 8.88. The molecule has 3 aromatic rings. The van der Waals surface area contributed by atoms with Crippen LogP contribution in [0.3, 0.4) is 0 Å². The number of hydrogen-bond donors (Lipinski definition) is 0. The van der Waals surface area contributed by atoms with Crippen LogP contribution in [0.1, 0.15) is 47.6 Å². The Morgan fingerprint density at radius 2 is 1.90 bits per heavy atom. The van der Waals surface area contributed by atoms with E-state index < -0.39 is 0 Å². The van der Waals surface area contributed by atoms with Crippen LogP contribution in [0, 0.1) is 13.8 Å². The Morgan fingerprint density at radius 1 is 1.17 bits per heavy atom. The van der Waals surface area contributed by atoms with Crippen LogP contribution in [0.4, 0.5) is 0 Å². The first-order chi connectivity index (χ1) is 14.3. The lowest BCUT2D eigenvalue weighted by Gasteiger charge is -2.26. The predicted octanol–water partition coefficient (Wildman–Crippen LogP) is 4.26. The molecular weight excluding hydrogens is 372 g/mol. The first-order valence-corrected chi connectivity index (χ1v) is 10.9. The van der Waals surface area contributed by atoms with E-state index in [-0.39, 0.29) is 5.91 Å². The van der Waals surface area contributed by atoms with Crippen molar-refractivity contribution in [1.82, 2.24) is 19.4 Å². The maximum Gasteiger partial charge on any atom is 0.253 e. The fraction of sp³-hybridized carbons (Fsp3) is 0.440. The van der Waals surface area contributed by atoms with Crippen molar-refractivity contribution in [2.45, 2.75) is 52.7 Å². The van der Waals surface area contributed by atoms with Gasteiger partial charge in [0.1, 0.15) is 5.82 Å². The fourth-order valence-electron chi connectivity index (χ4n) is 4.42. The van der Waals surface area contributed by atoms with E-state index in [4.69, 9.17) is 4.98 Å². The molecule has 0 bridgehead atoms. The number of aryl methyl sites for hydroxylation is 2. The number of amides is 1. The zero-order chi connectivity index (χ0) is 21.4. The van der Waals surface area contributed by atoms with Gasteiger partial charge in [-0.25, -0.2) is 4.98 Å². The van der Waals surface area contributed by atoms with Gasteiger partial charge in [0, 0.05) is 44.3 Å². The summed E-state index contributed by atoms with van der Waals surface area (Å²) in [4.78, 5) is 22.1. The van der Waals surface area contributed by atoms with Gasteiger partial charge in [-0.05, 0) is 69.5 Å². The zero-order valence-electron chi connectivity index (χ0n) is 18.7. The van der Waals surface area contributed by atoms with Gasteiger partial charge in [0.2, 0.25) is 0 Å². The van der Waals surface area contributed by atoms with Crippen molar-refractivity contribution in [3.63, 3.8) is 0 Å². The van der Waals surface area contributed by atoms with Crippen molar-refractivity contribution in [3.05, 3.63) is 65.0 Å². The average molecular weight is 405 g/mol. The molecule has 0 saturated carbocycles. The second-order valence-corrected chi connectivity index (χ2v) is 8.88. The smallest absolute Gasteiger partial charge is 0.253 e. The minimum absolute atomic E-state index is 0.108. The molecule has 5 heteroatoms. The van der Waals surface area contributed by atoms with E-state index in [0.29, 0.717) is 12.1 Å². The van der Waals surface area contributed by atoms with Gasteiger partial charge in [-0.1, -0.05) is 18.2 Å². The zero-order valence-corrected chi connectivity index (χ0v) is 18.7. The van der Waals surface area contributed by atoms with E-state index in [9.17, 15) is 4.79 Å². The quantitative estimate of drug-likeness (QED) is 0.638. The standard InChI is InChI=1S/C25H32N4O/c1-17(2)28-13-12-22(16-28)27(5)25(30)21-9-7-20(8-10-21)15-29-19(4)26-23-14-18(3)6-11-24(23)29/h6-11,14,17,22H,12-13,15-16H2,1-5H3/t22-/m1/s1. The molecule has 1 aromatic heterocycles. The number of fused-ring (bicyclic) bond motifs is 1. The molecule has 1 saturated heterocycles. The molecule has 2 heterocycles. The molecule has 0 aliphatic carbocycles.